The fourth-order valence-corrected chi connectivity index (χ4v) is 3.04. The van der Waals surface area contributed by atoms with Gasteiger partial charge in [-0.1, -0.05) is 30.3 Å². The average molecular weight is 267 g/mol. The number of hydrogen-bond donors (Lipinski definition) is 0. The molecule has 2 aromatic rings. The molecule has 2 aromatic carbocycles. The van der Waals surface area contributed by atoms with E-state index in [0.717, 1.165) is 12.2 Å². The standard InChI is InChI=1S/C18H21NO/c1-20-18-11-9-15(10-12-18)14-17-8-5-13-19(17)16-6-3-2-4-7-16/h2-4,6-7,9-12,17H,5,8,13-14H2,1H3. The summed E-state index contributed by atoms with van der Waals surface area (Å²) >= 11 is 0. The van der Waals surface area contributed by atoms with E-state index in [2.05, 4.69) is 59.5 Å². The van der Waals surface area contributed by atoms with Crippen LogP contribution in [0.1, 0.15) is 18.4 Å². The molecule has 1 unspecified atom stereocenters. The maximum Gasteiger partial charge on any atom is 0.118 e. The second-order valence-electron chi connectivity index (χ2n) is 5.38. The third kappa shape index (κ3) is 2.79. The number of methoxy groups -OCH3 is 1. The first-order valence-corrected chi connectivity index (χ1v) is 7.31. The minimum absolute atomic E-state index is 0.616. The zero-order chi connectivity index (χ0) is 13.8. The zero-order valence-corrected chi connectivity index (χ0v) is 12.0. The molecule has 104 valence electrons. The third-order valence-electron chi connectivity index (χ3n) is 4.10. The molecule has 1 atom stereocenters. The molecule has 1 aliphatic rings. The van der Waals surface area contributed by atoms with Crippen LogP contribution in [0.25, 0.3) is 0 Å². The van der Waals surface area contributed by atoms with Gasteiger partial charge in [0.15, 0.2) is 0 Å². The summed E-state index contributed by atoms with van der Waals surface area (Å²) in [7, 11) is 1.71. The normalized spacial score (nSPS) is 18.2. The lowest BCUT2D eigenvalue weighted by Gasteiger charge is -2.27. The minimum atomic E-state index is 0.616. The first-order chi connectivity index (χ1) is 9.86. The summed E-state index contributed by atoms with van der Waals surface area (Å²) in [6.07, 6.45) is 3.68. The molecule has 0 aromatic heterocycles. The summed E-state index contributed by atoms with van der Waals surface area (Å²) < 4.78 is 5.22. The van der Waals surface area contributed by atoms with Crippen LogP contribution >= 0.6 is 0 Å². The van der Waals surface area contributed by atoms with Crippen LogP contribution in [0, 0.1) is 0 Å². The van der Waals surface area contributed by atoms with Gasteiger partial charge in [0.1, 0.15) is 5.75 Å². The van der Waals surface area contributed by atoms with Crippen molar-refractivity contribution in [2.75, 3.05) is 18.6 Å². The highest BCUT2D eigenvalue weighted by Crippen LogP contribution is 2.27. The Morgan fingerprint density at radius 3 is 2.50 bits per heavy atom. The Bertz CT molecular complexity index is 535. The molecular weight excluding hydrogens is 246 g/mol. The SMILES string of the molecule is COc1ccc(CC2CCCN2c2ccccc2)cc1. The minimum Gasteiger partial charge on any atom is -0.497 e. The van der Waals surface area contributed by atoms with Crippen molar-refractivity contribution in [3.05, 3.63) is 60.2 Å². The van der Waals surface area contributed by atoms with Crippen molar-refractivity contribution >= 4 is 5.69 Å². The van der Waals surface area contributed by atoms with Crippen LogP contribution in [0.4, 0.5) is 5.69 Å². The predicted molar refractivity (Wildman–Crippen MR) is 83.5 cm³/mol. The smallest absolute Gasteiger partial charge is 0.118 e. The molecule has 0 bridgehead atoms. The van der Waals surface area contributed by atoms with Crippen molar-refractivity contribution in [3.63, 3.8) is 0 Å². The van der Waals surface area contributed by atoms with E-state index in [0.29, 0.717) is 6.04 Å². The van der Waals surface area contributed by atoms with Crippen molar-refractivity contribution in [2.24, 2.45) is 0 Å². The summed E-state index contributed by atoms with van der Waals surface area (Å²) in [5, 5.41) is 0. The van der Waals surface area contributed by atoms with E-state index in [1.165, 1.54) is 30.6 Å². The molecule has 2 heteroatoms. The van der Waals surface area contributed by atoms with Crippen LogP contribution in [0.3, 0.4) is 0 Å². The van der Waals surface area contributed by atoms with Gasteiger partial charge in [0.05, 0.1) is 7.11 Å². The summed E-state index contributed by atoms with van der Waals surface area (Å²) in [6.45, 7) is 1.17. The van der Waals surface area contributed by atoms with Crippen molar-refractivity contribution in [3.8, 4) is 5.75 Å². The lowest BCUT2D eigenvalue weighted by atomic mass is 10.0. The van der Waals surface area contributed by atoms with Crippen molar-refractivity contribution < 1.29 is 4.74 Å². The molecule has 0 aliphatic carbocycles. The molecule has 0 saturated carbocycles. The second-order valence-corrected chi connectivity index (χ2v) is 5.38. The highest BCUT2D eigenvalue weighted by Gasteiger charge is 2.24. The predicted octanol–water partition coefficient (Wildman–Crippen LogP) is 3.91. The van der Waals surface area contributed by atoms with Crippen LogP contribution in [0.15, 0.2) is 54.6 Å². The van der Waals surface area contributed by atoms with Crippen LogP contribution in [-0.2, 0) is 6.42 Å². The van der Waals surface area contributed by atoms with Gasteiger partial charge in [-0.3, -0.25) is 0 Å². The van der Waals surface area contributed by atoms with Crippen molar-refractivity contribution in [2.45, 2.75) is 25.3 Å². The molecule has 0 amide bonds. The topological polar surface area (TPSA) is 12.5 Å². The number of anilines is 1. The number of hydrogen-bond acceptors (Lipinski definition) is 2. The van der Waals surface area contributed by atoms with E-state index in [1.54, 1.807) is 7.11 Å². The number of para-hydroxylation sites is 1. The largest absolute Gasteiger partial charge is 0.497 e. The first-order valence-electron chi connectivity index (χ1n) is 7.31. The van der Waals surface area contributed by atoms with E-state index in [1.807, 2.05) is 0 Å². The van der Waals surface area contributed by atoms with Gasteiger partial charge in [0.2, 0.25) is 0 Å². The Morgan fingerprint density at radius 2 is 1.80 bits per heavy atom. The number of benzene rings is 2. The lowest BCUT2D eigenvalue weighted by molar-refractivity contribution is 0.414. The van der Waals surface area contributed by atoms with Crippen molar-refractivity contribution in [1.29, 1.82) is 0 Å². The van der Waals surface area contributed by atoms with Gasteiger partial charge < -0.3 is 9.64 Å². The third-order valence-corrected chi connectivity index (χ3v) is 4.10. The molecule has 1 heterocycles. The Hall–Kier alpha value is -1.96. The molecule has 1 saturated heterocycles. The van der Waals surface area contributed by atoms with E-state index >= 15 is 0 Å². The molecule has 1 fully saturated rings. The van der Waals surface area contributed by atoms with Gasteiger partial charge >= 0.3 is 0 Å². The highest BCUT2D eigenvalue weighted by molar-refractivity contribution is 5.48. The Labute approximate surface area is 121 Å². The molecule has 0 radical (unpaired) electrons. The number of ether oxygens (including phenoxy) is 1. The maximum absolute atomic E-state index is 5.22. The highest BCUT2D eigenvalue weighted by atomic mass is 16.5. The molecular formula is C18H21NO. The fourth-order valence-electron chi connectivity index (χ4n) is 3.04. The zero-order valence-electron chi connectivity index (χ0n) is 12.0. The van der Waals surface area contributed by atoms with Gasteiger partial charge in [0, 0.05) is 18.3 Å². The fraction of sp³-hybridized carbons (Fsp3) is 0.333. The van der Waals surface area contributed by atoms with Crippen LogP contribution in [0.5, 0.6) is 5.75 Å². The summed E-state index contributed by atoms with van der Waals surface area (Å²) in [6, 6.07) is 19.8. The summed E-state index contributed by atoms with van der Waals surface area (Å²) in [5.41, 5.74) is 2.74. The summed E-state index contributed by atoms with van der Waals surface area (Å²) in [5.74, 6) is 0.931. The summed E-state index contributed by atoms with van der Waals surface area (Å²) in [4.78, 5) is 2.55. The van der Waals surface area contributed by atoms with Gasteiger partial charge in [-0.15, -0.1) is 0 Å². The lowest BCUT2D eigenvalue weighted by Crippen LogP contribution is -2.30. The molecule has 0 spiro atoms. The second kappa shape index (κ2) is 6.00. The Kier molecular flexibility index (Phi) is 3.91. The van der Waals surface area contributed by atoms with Gasteiger partial charge in [-0.05, 0) is 49.1 Å². The van der Waals surface area contributed by atoms with E-state index in [-0.39, 0.29) is 0 Å². The molecule has 1 aliphatic heterocycles. The van der Waals surface area contributed by atoms with Crippen LogP contribution in [-0.4, -0.2) is 19.7 Å². The quantitative estimate of drug-likeness (QED) is 0.833. The van der Waals surface area contributed by atoms with E-state index < -0.39 is 0 Å². The van der Waals surface area contributed by atoms with E-state index in [9.17, 15) is 0 Å². The first kappa shape index (κ1) is 13.0. The van der Waals surface area contributed by atoms with Crippen LogP contribution < -0.4 is 9.64 Å². The average Bonchev–Trinajstić information content (AvgIpc) is 2.97. The Balaban J connectivity index is 1.72. The van der Waals surface area contributed by atoms with Crippen molar-refractivity contribution in [1.82, 2.24) is 0 Å². The molecule has 2 nitrogen and oxygen atoms in total. The Morgan fingerprint density at radius 1 is 1.05 bits per heavy atom. The molecule has 20 heavy (non-hydrogen) atoms. The van der Waals surface area contributed by atoms with Gasteiger partial charge in [-0.2, -0.15) is 0 Å². The number of rotatable bonds is 4. The number of nitrogens with zero attached hydrogens (tertiary/aromatic N) is 1. The van der Waals surface area contributed by atoms with Crippen LogP contribution in [0.2, 0.25) is 0 Å². The van der Waals surface area contributed by atoms with E-state index in [4.69, 9.17) is 4.74 Å². The monoisotopic (exact) mass is 267 g/mol. The van der Waals surface area contributed by atoms with Gasteiger partial charge in [0.25, 0.3) is 0 Å². The molecule has 3 rings (SSSR count). The van der Waals surface area contributed by atoms with Gasteiger partial charge in [-0.25, -0.2) is 0 Å². The molecule has 0 N–H and O–H groups in total. The maximum atomic E-state index is 5.22.